The highest BCUT2D eigenvalue weighted by molar-refractivity contribution is 7.80. The van der Waals surface area contributed by atoms with Crippen LogP contribution in [0.1, 0.15) is 31.6 Å². The molecule has 92 valence electrons. The fraction of sp³-hybridized carbons (Fsp3) is 0.692. The summed E-state index contributed by atoms with van der Waals surface area (Å²) in [5, 5.41) is 2.16. The molecule has 0 saturated heterocycles. The lowest BCUT2D eigenvalue weighted by Gasteiger charge is -2.24. The normalized spacial score (nSPS) is 13.2. The van der Waals surface area contributed by atoms with Gasteiger partial charge in [-0.1, -0.05) is 26.3 Å². The summed E-state index contributed by atoms with van der Waals surface area (Å²) in [5.41, 5.74) is 0. The molecule has 0 aliphatic rings. The summed E-state index contributed by atoms with van der Waals surface area (Å²) in [7, 11) is 0. The standard InChI is InChI=1S/C13H23NS2/c1-3-6-12(11-15)9-14(4-2)10-13-7-5-8-16-13/h5,7-8,12,15H,3-4,6,9-11H2,1-2H3. The van der Waals surface area contributed by atoms with Gasteiger partial charge < -0.3 is 0 Å². The quantitative estimate of drug-likeness (QED) is 0.691. The van der Waals surface area contributed by atoms with Crippen LogP contribution in [0.25, 0.3) is 0 Å². The van der Waals surface area contributed by atoms with Crippen molar-refractivity contribution in [2.24, 2.45) is 5.92 Å². The largest absolute Gasteiger partial charge is 0.298 e. The smallest absolute Gasteiger partial charge is 0.0327 e. The molecule has 0 aliphatic heterocycles. The van der Waals surface area contributed by atoms with Crippen LogP contribution in [0.2, 0.25) is 0 Å². The van der Waals surface area contributed by atoms with E-state index >= 15 is 0 Å². The van der Waals surface area contributed by atoms with Crippen LogP contribution in [-0.4, -0.2) is 23.7 Å². The summed E-state index contributed by atoms with van der Waals surface area (Å²) in [6.07, 6.45) is 2.56. The molecular formula is C13H23NS2. The van der Waals surface area contributed by atoms with Crippen LogP contribution in [0.4, 0.5) is 0 Å². The first-order chi connectivity index (χ1) is 7.80. The SMILES string of the molecule is CCCC(CS)CN(CC)Cc1cccs1. The van der Waals surface area contributed by atoms with Crippen molar-refractivity contribution < 1.29 is 0 Å². The predicted octanol–water partition coefficient (Wildman–Crippen LogP) is 3.92. The Morgan fingerprint density at radius 1 is 1.44 bits per heavy atom. The van der Waals surface area contributed by atoms with Gasteiger partial charge >= 0.3 is 0 Å². The topological polar surface area (TPSA) is 3.24 Å². The van der Waals surface area contributed by atoms with Crippen molar-refractivity contribution in [1.29, 1.82) is 0 Å². The first-order valence-corrected chi connectivity index (χ1v) is 7.66. The maximum atomic E-state index is 4.45. The molecule has 3 heteroatoms. The summed E-state index contributed by atoms with van der Waals surface area (Å²) in [6, 6.07) is 4.36. The van der Waals surface area contributed by atoms with Crippen molar-refractivity contribution in [2.75, 3.05) is 18.8 Å². The zero-order chi connectivity index (χ0) is 11.8. The highest BCUT2D eigenvalue weighted by Crippen LogP contribution is 2.15. The summed E-state index contributed by atoms with van der Waals surface area (Å²) < 4.78 is 0. The van der Waals surface area contributed by atoms with E-state index in [9.17, 15) is 0 Å². The molecule has 0 fully saturated rings. The van der Waals surface area contributed by atoms with E-state index in [1.54, 1.807) is 0 Å². The minimum Gasteiger partial charge on any atom is -0.298 e. The lowest BCUT2D eigenvalue weighted by Crippen LogP contribution is -2.29. The molecule has 16 heavy (non-hydrogen) atoms. The van der Waals surface area contributed by atoms with Crippen molar-refractivity contribution in [1.82, 2.24) is 4.90 Å². The van der Waals surface area contributed by atoms with Crippen molar-refractivity contribution in [3.63, 3.8) is 0 Å². The molecule has 0 N–H and O–H groups in total. The van der Waals surface area contributed by atoms with Crippen LogP contribution in [-0.2, 0) is 6.54 Å². The molecule has 0 radical (unpaired) electrons. The average Bonchev–Trinajstić information content (AvgIpc) is 2.80. The second-order valence-electron chi connectivity index (χ2n) is 4.24. The van der Waals surface area contributed by atoms with Crippen molar-refractivity contribution in [2.45, 2.75) is 33.2 Å². The van der Waals surface area contributed by atoms with E-state index < -0.39 is 0 Å². The summed E-state index contributed by atoms with van der Waals surface area (Å²) in [6.45, 7) is 7.92. The van der Waals surface area contributed by atoms with Crippen LogP contribution < -0.4 is 0 Å². The maximum absolute atomic E-state index is 4.45. The van der Waals surface area contributed by atoms with Crippen LogP contribution in [0, 0.1) is 5.92 Å². The highest BCUT2D eigenvalue weighted by atomic mass is 32.1. The molecule has 1 rings (SSSR count). The van der Waals surface area contributed by atoms with Crippen LogP contribution in [0.5, 0.6) is 0 Å². The van der Waals surface area contributed by atoms with Crippen LogP contribution in [0.3, 0.4) is 0 Å². The Morgan fingerprint density at radius 3 is 2.75 bits per heavy atom. The molecule has 1 unspecified atom stereocenters. The van der Waals surface area contributed by atoms with Gasteiger partial charge in [0, 0.05) is 18.0 Å². The number of thiol groups is 1. The third-order valence-electron chi connectivity index (χ3n) is 2.88. The van der Waals surface area contributed by atoms with Gasteiger partial charge in [-0.2, -0.15) is 12.6 Å². The first kappa shape index (κ1) is 14.1. The van der Waals surface area contributed by atoms with Crippen molar-refractivity contribution >= 4 is 24.0 Å². The number of thiophene rings is 1. The van der Waals surface area contributed by atoms with E-state index in [-0.39, 0.29) is 0 Å². The Morgan fingerprint density at radius 2 is 2.25 bits per heavy atom. The molecule has 1 heterocycles. The van der Waals surface area contributed by atoms with Gasteiger partial charge in [-0.25, -0.2) is 0 Å². The first-order valence-electron chi connectivity index (χ1n) is 6.15. The number of hydrogen-bond acceptors (Lipinski definition) is 3. The Kier molecular flexibility index (Phi) is 7.17. The van der Waals surface area contributed by atoms with Gasteiger partial charge in [0.15, 0.2) is 0 Å². The lowest BCUT2D eigenvalue weighted by atomic mass is 10.1. The summed E-state index contributed by atoms with van der Waals surface area (Å²) >= 11 is 6.31. The molecule has 0 saturated carbocycles. The van der Waals surface area contributed by atoms with Gasteiger partial charge in [-0.15, -0.1) is 11.3 Å². The molecular weight excluding hydrogens is 234 g/mol. The summed E-state index contributed by atoms with van der Waals surface area (Å²) in [5.74, 6) is 1.75. The molecule has 0 amide bonds. The fourth-order valence-corrected chi connectivity index (χ4v) is 2.99. The monoisotopic (exact) mass is 257 g/mol. The predicted molar refractivity (Wildman–Crippen MR) is 77.5 cm³/mol. The van der Waals surface area contributed by atoms with Gasteiger partial charge in [0.05, 0.1) is 0 Å². The highest BCUT2D eigenvalue weighted by Gasteiger charge is 2.11. The fourth-order valence-electron chi connectivity index (χ4n) is 1.94. The second kappa shape index (κ2) is 8.15. The summed E-state index contributed by atoms with van der Waals surface area (Å²) in [4.78, 5) is 4.00. The molecule has 0 aromatic carbocycles. The van der Waals surface area contributed by atoms with E-state index in [0.29, 0.717) is 0 Å². The van der Waals surface area contributed by atoms with Gasteiger partial charge in [0.25, 0.3) is 0 Å². The maximum Gasteiger partial charge on any atom is 0.0327 e. The van der Waals surface area contributed by atoms with E-state index in [1.807, 2.05) is 11.3 Å². The van der Waals surface area contributed by atoms with E-state index in [4.69, 9.17) is 0 Å². The van der Waals surface area contributed by atoms with E-state index in [1.165, 1.54) is 24.3 Å². The van der Waals surface area contributed by atoms with Crippen LogP contribution in [0.15, 0.2) is 17.5 Å². The van der Waals surface area contributed by atoms with Crippen molar-refractivity contribution in [3.05, 3.63) is 22.4 Å². The molecule has 0 bridgehead atoms. The van der Waals surface area contributed by atoms with Crippen molar-refractivity contribution in [3.8, 4) is 0 Å². The Bertz CT molecular complexity index is 259. The van der Waals surface area contributed by atoms with E-state index in [0.717, 1.165) is 24.8 Å². The number of hydrogen-bond donors (Lipinski definition) is 1. The van der Waals surface area contributed by atoms with E-state index in [2.05, 4.69) is 48.9 Å². The molecule has 0 spiro atoms. The molecule has 1 aromatic heterocycles. The molecule has 1 atom stereocenters. The minimum atomic E-state index is 0.744. The Labute approximate surface area is 109 Å². The van der Waals surface area contributed by atoms with Gasteiger partial charge in [-0.3, -0.25) is 4.90 Å². The Balaban J connectivity index is 2.41. The minimum absolute atomic E-state index is 0.744. The van der Waals surface area contributed by atoms with Crippen LogP contribution >= 0.6 is 24.0 Å². The third-order valence-corrected chi connectivity index (χ3v) is 4.26. The molecule has 0 aliphatic carbocycles. The Hall–Kier alpha value is 0.01000. The average molecular weight is 257 g/mol. The zero-order valence-electron chi connectivity index (χ0n) is 10.4. The number of nitrogens with zero attached hydrogens (tertiary/aromatic N) is 1. The zero-order valence-corrected chi connectivity index (χ0v) is 12.1. The second-order valence-corrected chi connectivity index (χ2v) is 5.64. The lowest BCUT2D eigenvalue weighted by molar-refractivity contribution is 0.238. The number of rotatable bonds is 8. The molecule has 1 nitrogen and oxygen atoms in total. The molecule has 1 aromatic rings. The van der Waals surface area contributed by atoms with Gasteiger partial charge in [-0.05, 0) is 36.1 Å². The third kappa shape index (κ3) is 4.89. The van der Waals surface area contributed by atoms with Gasteiger partial charge in [0.1, 0.15) is 0 Å². The van der Waals surface area contributed by atoms with Gasteiger partial charge in [0.2, 0.25) is 0 Å².